The van der Waals surface area contributed by atoms with Gasteiger partial charge in [-0.05, 0) is 11.8 Å². The van der Waals surface area contributed by atoms with Gasteiger partial charge in [0.2, 0.25) is 0 Å². The highest BCUT2D eigenvalue weighted by Crippen LogP contribution is 1.96. The Morgan fingerprint density at radius 1 is 1.80 bits per heavy atom. The zero-order valence-electron chi connectivity index (χ0n) is 5.09. The Morgan fingerprint density at radius 3 is 3.10 bits per heavy atom. The Hall–Kier alpha value is -1.76. The van der Waals surface area contributed by atoms with Crippen molar-refractivity contribution in [1.29, 1.82) is 0 Å². The number of H-pyrrole nitrogens is 1. The molecular formula is C6H5N3O. The van der Waals surface area contributed by atoms with Crippen LogP contribution in [0.25, 0.3) is 0 Å². The molecule has 4 nitrogen and oxygen atoms in total. The number of anilines is 1. The Bertz CT molecular complexity index is 291. The van der Waals surface area contributed by atoms with E-state index in [1.54, 1.807) is 6.07 Å². The van der Waals surface area contributed by atoms with Gasteiger partial charge in [-0.15, -0.1) is 0 Å². The number of nitrogens with zero attached hydrogens (tertiary/aromatic N) is 1. The maximum absolute atomic E-state index is 9.75. The van der Waals surface area contributed by atoms with Gasteiger partial charge >= 0.3 is 0 Å². The second kappa shape index (κ2) is 2.69. The summed E-state index contributed by atoms with van der Waals surface area (Å²) < 4.78 is 0. The molecule has 10 heavy (non-hydrogen) atoms. The van der Waals surface area contributed by atoms with Crippen LogP contribution in [0.2, 0.25) is 0 Å². The van der Waals surface area contributed by atoms with Crippen LogP contribution >= 0.6 is 0 Å². The molecule has 0 aliphatic heterocycles. The summed E-state index contributed by atoms with van der Waals surface area (Å²) in [5.74, 6) is 5.09. The first kappa shape index (κ1) is 6.36. The molecule has 0 amide bonds. The number of nitrogen functional groups attached to an aromatic ring is 1. The fraction of sp³-hybridized carbons (Fsp3) is 0. The zero-order valence-corrected chi connectivity index (χ0v) is 5.09. The quantitative estimate of drug-likeness (QED) is 0.373. The molecular weight excluding hydrogens is 130 g/mol. The van der Waals surface area contributed by atoms with E-state index in [9.17, 15) is 4.79 Å². The van der Waals surface area contributed by atoms with Gasteiger partial charge in [0, 0.05) is 6.07 Å². The van der Waals surface area contributed by atoms with Crippen LogP contribution < -0.4 is 5.73 Å². The van der Waals surface area contributed by atoms with Crippen molar-refractivity contribution in [2.45, 2.75) is 0 Å². The third-order valence-electron chi connectivity index (χ3n) is 0.863. The molecule has 0 aliphatic rings. The van der Waals surface area contributed by atoms with Gasteiger partial charge in [-0.1, -0.05) is 0 Å². The lowest BCUT2D eigenvalue weighted by molar-refractivity contribution is -0.103. The molecule has 0 atom stereocenters. The highest BCUT2D eigenvalue weighted by molar-refractivity contribution is 5.73. The molecule has 0 saturated carbocycles. The summed E-state index contributed by atoms with van der Waals surface area (Å²) in [6.45, 7) is 0. The summed E-state index contributed by atoms with van der Waals surface area (Å²) in [5, 5.41) is 6.14. The molecule has 4 heteroatoms. The minimum atomic E-state index is 0.371. The van der Waals surface area contributed by atoms with E-state index in [0.29, 0.717) is 17.8 Å². The molecule has 0 radical (unpaired) electrons. The Kier molecular flexibility index (Phi) is 1.71. The van der Waals surface area contributed by atoms with Gasteiger partial charge in [-0.3, -0.25) is 9.89 Å². The van der Waals surface area contributed by atoms with Gasteiger partial charge < -0.3 is 5.73 Å². The van der Waals surface area contributed by atoms with Crippen LogP contribution in [0, 0.1) is 11.8 Å². The van der Waals surface area contributed by atoms with Gasteiger partial charge in [0.05, 0.1) is 0 Å². The highest BCUT2D eigenvalue weighted by Gasteiger charge is 1.89. The number of hydrogen-bond donors (Lipinski definition) is 2. The van der Waals surface area contributed by atoms with Crippen LogP contribution in [0.4, 0.5) is 5.82 Å². The molecule has 50 valence electrons. The molecule has 0 aliphatic carbocycles. The van der Waals surface area contributed by atoms with Crippen molar-refractivity contribution in [3.63, 3.8) is 0 Å². The summed E-state index contributed by atoms with van der Waals surface area (Å²) in [6, 6.07) is 1.55. The molecule has 1 heterocycles. The molecule has 0 fully saturated rings. The number of aromatic nitrogens is 2. The number of aromatic amines is 1. The summed E-state index contributed by atoms with van der Waals surface area (Å²) >= 11 is 0. The molecule has 3 N–H and O–H groups in total. The summed E-state index contributed by atoms with van der Waals surface area (Å²) in [6.07, 6.45) is 0.511. The molecule has 0 unspecified atom stereocenters. The number of nitrogens with two attached hydrogens (primary N) is 1. The van der Waals surface area contributed by atoms with E-state index < -0.39 is 0 Å². The maximum atomic E-state index is 9.75. The Morgan fingerprint density at radius 2 is 2.60 bits per heavy atom. The van der Waals surface area contributed by atoms with Crippen LogP contribution in [-0.2, 0) is 4.79 Å². The predicted molar refractivity (Wildman–Crippen MR) is 35.9 cm³/mol. The van der Waals surface area contributed by atoms with Crippen molar-refractivity contribution in [2.75, 3.05) is 5.73 Å². The standard InChI is InChI=1S/C6H5N3O/c7-6-4-5(8-9-6)2-1-3-10/h3-4H,(H3,7,8,9). The number of carbonyl (C=O) groups is 1. The van der Waals surface area contributed by atoms with Gasteiger partial charge in [0.25, 0.3) is 0 Å². The highest BCUT2D eigenvalue weighted by atomic mass is 16.1. The molecule has 0 saturated heterocycles. The monoisotopic (exact) mass is 135 g/mol. The van der Waals surface area contributed by atoms with Crippen molar-refractivity contribution < 1.29 is 4.79 Å². The Labute approximate surface area is 57.4 Å². The lowest BCUT2D eigenvalue weighted by Crippen LogP contribution is -1.81. The molecule has 1 aromatic heterocycles. The number of carbonyl (C=O) groups excluding carboxylic acids is 1. The van der Waals surface area contributed by atoms with E-state index in [4.69, 9.17) is 5.73 Å². The average Bonchev–Trinajstić information content (AvgIpc) is 2.31. The first-order valence-electron chi connectivity index (χ1n) is 2.59. The lowest BCUT2D eigenvalue weighted by Gasteiger charge is -1.70. The number of aldehydes is 1. The van der Waals surface area contributed by atoms with E-state index in [2.05, 4.69) is 22.0 Å². The van der Waals surface area contributed by atoms with Crippen LogP contribution in [0.3, 0.4) is 0 Å². The summed E-state index contributed by atoms with van der Waals surface area (Å²) in [7, 11) is 0. The van der Waals surface area contributed by atoms with Crippen molar-refractivity contribution in [3.8, 4) is 11.8 Å². The SMILES string of the molecule is Nc1cc(C#CC=O)[nH]n1. The van der Waals surface area contributed by atoms with Crippen LogP contribution in [0.5, 0.6) is 0 Å². The average molecular weight is 135 g/mol. The second-order valence-electron chi connectivity index (χ2n) is 1.59. The normalized spacial score (nSPS) is 8.00. The van der Waals surface area contributed by atoms with Crippen molar-refractivity contribution in [2.24, 2.45) is 0 Å². The van der Waals surface area contributed by atoms with Crippen LogP contribution in [0.1, 0.15) is 5.69 Å². The van der Waals surface area contributed by atoms with Crippen molar-refractivity contribution in [1.82, 2.24) is 10.2 Å². The van der Waals surface area contributed by atoms with Gasteiger partial charge in [-0.25, -0.2) is 0 Å². The van der Waals surface area contributed by atoms with Crippen LogP contribution in [-0.4, -0.2) is 16.5 Å². The van der Waals surface area contributed by atoms with Crippen molar-refractivity contribution >= 4 is 12.1 Å². The third kappa shape index (κ3) is 1.36. The summed E-state index contributed by atoms with van der Waals surface area (Å²) in [4.78, 5) is 9.75. The lowest BCUT2D eigenvalue weighted by atomic mass is 10.4. The van der Waals surface area contributed by atoms with E-state index >= 15 is 0 Å². The third-order valence-corrected chi connectivity index (χ3v) is 0.863. The van der Waals surface area contributed by atoms with Crippen molar-refractivity contribution in [3.05, 3.63) is 11.8 Å². The molecule has 0 bridgehead atoms. The molecule has 0 aromatic carbocycles. The molecule has 0 spiro atoms. The van der Waals surface area contributed by atoms with E-state index in [1.807, 2.05) is 0 Å². The smallest absolute Gasteiger partial charge is 0.193 e. The topological polar surface area (TPSA) is 71.8 Å². The number of nitrogens with one attached hydrogen (secondary N) is 1. The first-order valence-corrected chi connectivity index (χ1v) is 2.59. The predicted octanol–water partition coefficient (Wildman–Crippen LogP) is -0.458. The van der Waals surface area contributed by atoms with Gasteiger partial charge in [0.1, 0.15) is 11.5 Å². The van der Waals surface area contributed by atoms with Gasteiger partial charge in [0.15, 0.2) is 6.29 Å². The van der Waals surface area contributed by atoms with E-state index in [1.165, 1.54) is 0 Å². The summed E-state index contributed by atoms with van der Waals surface area (Å²) in [5.41, 5.74) is 5.80. The Balaban J connectivity index is 2.85. The van der Waals surface area contributed by atoms with Gasteiger partial charge in [-0.2, -0.15) is 5.10 Å². The first-order chi connectivity index (χ1) is 4.83. The fourth-order valence-electron chi connectivity index (χ4n) is 0.508. The largest absolute Gasteiger partial charge is 0.382 e. The van der Waals surface area contributed by atoms with E-state index in [-0.39, 0.29) is 0 Å². The minimum absolute atomic E-state index is 0.371. The minimum Gasteiger partial charge on any atom is -0.382 e. The fourth-order valence-corrected chi connectivity index (χ4v) is 0.508. The zero-order chi connectivity index (χ0) is 7.40. The number of rotatable bonds is 0. The maximum Gasteiger partial charge on any atom is 0.193 e. The molecule has 1 rings (SSSR count). The van der Waals surface area contributed by atoms with Crippen LogP contribution in [0.15, 0.2) is 6.07 Å². The second-order valence-corrected chi connectivity index (χ2v) is 1.59. The number of hydrogen-bond acceptors (Lipinski definition) is 3. The molecule has 1 aromatic rings. The van der Waals surface area contributed by atoms with E-state index in [0.717, 1.165) is 0 Å².